The molecule has 0 aromatic heterocycles. The number of nitrogens with zero attached hydrogens (tertiary/aromatic N) is 2. The molecule has 1 amide bonds. The summed E-state index contributed by atoms with van der Waals surface area (Å²) in [5.41, 5.74) is 2.15. The summed E-state index contributed by atoms with van der Waals surface area (Å²) in [6.07, 6.45) is 0. The summed E-state index contributed by atoms with van der Waals surface area (Å²) >= 11 is 3.34. The molecule has 1 heterocycles. The van der Waals surface area contributed by atoms with E-state index in [1.165, 1.54) is 5.01 Å². The van der Waals surface area contributed by atoms with E-state index in [-0.39, 0.29) is 5.91 Å². The smallest absolute Gasteiger partial charge is 0.270 e. The fourth-order valence-electron chi connectivity index (χ4n) is 1.78. The van der Waals surface area contributed by atoms with Gasteiger partial charge in [0.15, 0.2) is 5.54 Å². The van der Waals surface area contributed by atoms with E-state index in [1.54, 1.807) is 14.0 Å². The van der Waals surface area contributed by atoms with Crippen molar-refractivity contribution in [2.45, 2.75) is 12.5 Å². The van der Waals surface area contributed by atoms with Crippen molar-refractivity contribution in [1.82, 2.24) is 10.5 Å². The number of halogens is 1. The Labute approximate surface area is 107 Å². The molecular formula is C11H12BrN3O2. The molecule has 5 nitrogen and oxygen atoms in total. The minimum atomic E-state index is -1.19. The van der Waals surface area contributed by atoms with Gasteiger partial charge in [-0.15, -0.1) is 0 Å². The monoisotopic (exact) mass is 297 g/mol. The van der Waals surface area contributed by atoms with Gasteiger partial charge >= 0.3 is 0 Å². The van der Waals surface area contributed by atoms with E-state index >= 15 is 0 Å². The van der Waals surface area contributed by atoms with E-state index in [4.69, 9.17) is 0 Å². The highest BCUT2D eigenvalue weighted by molar-refractivity contribution is 9.10. The number of hydrogen-bond donors (Lipinski definition) is 2. The lowest BCUT2D eigenvalue weighted by Crippen LogP contribution is -2.53. The number of carbonyl (C=O) groups is 1. The van der Waals surface area contributed by atoms with Crippen LogP contribution in [0.1, 0.15) is 12.5 Å². The second-order valence-electron chi connectivity index (χ2n) is 4.02. The first-order chi connectivity index (χ1) is 7.99. The summed E-state index contributed by atoms with van der Waals surface area (Å²) in [7, 11) is 1.56. The third-order valence-corrected chi connectivity index (χ3v) is 3.32. The second-order valence-corrected chi connectivity index (χ2v) is 4.94. The molecule has 1 aromatic carbocycles. The second kappa shape index (κ2) is 4.21. The van der Waals surface area contributed by atoms with Crippen molar-refractivity contribution >= 4 is 27.5 Å². The van der Waals surface area contributed by atoms with Gasteiger partial charge in [0.05, 0.1) is 5.71 Å². The molecule has 1 aliphatic heterocycles. The zero-order valence-electron chi connectivity index (χ0n) is 9.44. The minimum Gasteiger partial charge on any atom is -0.315 e. The molecule has 0 bridgehead atoms. The summed E-state index contributed by atoms with van der Waals surface area (Å²) in [6.45, 7) is 1.60. The van der Waals surface area contributed by atoms with Crippen LogP contribution in [-0.4, -0.2) is 34.4 Å². The zero-order valence-corrected chi connectivity index (χ0v) is 11.0. The summed E-state index contributed by atoms with van der Waals surface area (Å²) in [5, 5.41) is 14.6. The van der Waals surface area contributed by atoms with E-state index in [1.807, 2.05) is 29.7 Å². The van der Waals surface area contributed by atoms with Crippen molar-refractivity contribution in [2.75, 3.05) is 7.05 Å². The predicted octanol–water partition coefficient (Wildman–Crippen LogP) is 1.36. The Bertz CT molecular complexity index is 486. The number of rotatable bonds is 2. The number of hydrogen-bond acceptors (Lipinski definition) is 4. The van der Waals surface area contributed by atoms with Gasteiger partial charge in [-0.3, -0.25) is 4.79 Å². The number of benzene rings is 1. The lowest BCUT2D eigenvalue weighted by atomic mass is 9.91. The van der Waals surface area contributed by atoms with Gasteiger partial charge in [-0.2, -0.15) is 10.6 Å². The maximum absolute atomic E-state index is 11.9. The van der Waals surface area contributed by atoms with Gasteiger partial charge in [0.1, 0.15) is 0 Å². The Morgan fingerprint density at radius 3 is 2.53 bits per heavy atom. The molecule has 0 saturated heterocycles. The van der Waals surface area contributed by atoms with Crippen LogP contribution >= 0.6 is 15.9 Å². The number of hydroxylamine groups is 1. The highest BCUT2D eigenvalue weighted by Gasteiger charge is 2.46. The zero-order chi connectivity index (χ0) is 12.6. The number of nitrogens with one attached hydrogen (secondary N) is 1. The van der Waals surface area contributed by atoms with Crippen LogP contribution in [0.25, 0.3) is 0 Å². The molecule has 0 spiro atoms. The molecule has 17 heavy (non-hydrogen) atoms. The van der Waals surface area contributed by atoms with Gasteiger partial charge in [-0.1, -0.05) is 28.1 Å². The average molecular weight is 298 g/mol. The number of hydrazone groups is 1. The van der Waals surface area contributed by atoms with Crippen LogP contribution < -0.4 is 5.48 Å². The van der Waals surface area contributed by atoms with Crippen LogP contribution in [0.3, 0.4) is 0 Å². The summed E-state index contributed by atoms with van der Waals surface area (Å²) < 4.78 is 0.943. The molecule has 90 valence electrons. The molecule has 0 saturated carbocycles. The van der Waals surface area contributed by atoms with Crippen molar-refractivity contribution in [1.29, 1.82) is 0 Å². The fourth-order valence-corrected chi connectivity index (χ4v) is 2.04. The van der Waals surface area contributed by atoms with Crippen LogP contribution in [0, 0.1) is 0 Å². The molecule has 0 aliphatic carbocycles. The molecule has 6 heteroatoms. The SMILES string of the molecule is CN1N=C(c2ccc(Br)cc2)C(C)(NO)C1=O. The minimum absolute atomic E-state index is 0.294. The first-order valence-electron chi connectivity index (χ1n) is 5.03. The van der Waals surface area contributed by atoms with Crippen LogP contribution in [0.5, 0.6) is 0 Å². The summed E-state index contributed by atoms with van der Waals surface area (Å²) in [4.78, 5) is 11.9. The standard InChI is InChI=1S/C11H12BrN3O2/c1-11(14-17)9(13-15(2)10(11)16)7-3-5-8(12)6-4-7/h3-6,14,17H,1-2H3. The van der Waals surface area contributed by atoms with Crippen LogP contribution in [0.2, 0.25) is 0 Å². The van der Waals surface area contributed by atoms with Crippen molar-refractivity contribution in [2.24, 2.45) is 5.10 Å². The molecule has 1 unspecified atom stereocenters. The van der Waals surface area contributed by atoms with Crippen molar-refractivity contribution in [3.05, 3.63) is 34.3 Å². The van der Waals surface area contributed by atoms with Gasteiger partial charge in [0.25, 0.3) is 5.91 Å². The molecule has 1 atom stereocenters. The number of amides is 1. The third kappa shape index (κ3) is 1.88. The molecule has 1 aromatic rings. The van der Waals surface area contributed by atoms with Crippen molar-refractivity contribution < 1.29 is 10.0 Å². The Morgan fingerprint density at radius 2 is 2.00 bits per heavy atom. The van der Waals surface area contributed by atoms with Crippen molar-refractivity contribution in [3.8, 4) is 0 Å². The topological polar surface area (TPSA) is 64.9 Å². The van der Waals surface area contributed by atoms with E-state index in [0.717, 1.165) is 10.0 Å². The van der Waals surface area contributed by atoms with Gasteiger partial charge in [-0.25, -0.2) is 5.01 Å². The number of likely N-dealkylation sites (N-methyl/N-ethyl adjacent to an activating group) is 1. The average Bonchev–Trinajstić information content (AvgIpc) is 2.56. The van der Waals surface area contributed by atoms with Crippen LogP contribution in [-0.2, 0) is 4.79 Å². The van der Waals surface area contributed by atoms with Crippen LogP contribution in [0.15, 0.2) is 33.8 Å². The van der Waals surface area contributed by atoms with E-state index in [9.17, 15) is 10.0 Å². The van der Waals surface area contributed by atoms with Gasteiger partial charge < -0.3 is 5.21 Å². The van der Waals surface area contributed by atoms with E-state index < -0.39 is 5.54 Å². The number of carbonyl (C=O) groups excluding carboxylic acids is 1. The maximum Gasteiger partial charge on any atom is 0.270 e. The van der Waals surface area contributed by atoms with E-state index in [0.29, 0.717) is 5.71 Å². The fraction of sp³-hybridized carbons (Fsp3) is 0.273. The lowest BCUT2D eigenvalue weighted by molar-refractivity contribution is -0.134. The molecule has 2 rings (SSSR count). The summed E-state index contributed by atoms with van der Waals surface area (Å²) in [5.74, 6) is -0.294. The van der Waals surface area contributed by atoms with E-state index in [2.05, 4.69) is 21.0 Å². The Morgan fingerprint density at radius 1 is 1.41 bits per heavy atom. The highest BCUT2D eigenvalue weighted by Crippen LogP contribution is 2.24. The normalized spacial score (nSPS) is 24.1. The first-order valence-corrected chi connectivity index (χ1v) is 5.83. The van der Waals surface area contributed by atoms with Gasteiger partial charge in [-0.05, 0) is 19.1 Å². The molecule has 0 fully saturated rings. The summed E-state index contributed by atoms with van der Waals surface area (Å²) in [6, 6.07) is 7.40. The van der Waals surface area contributed by atoms with Gasteiger partial charge in [0.2, 0.25) is 0 Å². The lowest BCUT2D eigenvalue weighted by Gasteiger charge is -2.21. The Hall–Kier alpha value is -1.24. The molecule has 0 radical (unpaired) electrons. The largest absolute Gasteiger partial charge is 0.315 e. The Balaban J connectivity index is 2.47. The molecule has 1 aliphatic rings. The maximum atomic E-state index is 11.9. The highest BCUT2D eigenvalue weighted by atomic mass is 79.9. The first kappa shape index (κ1) is 12.2. The predicted molar refractivity (Wildman–Crippen MR) is 66.8 cm³/mol. The van der Waals surface area contributed by atoms with Gasteiger partial charge in [0, 0.05) is 17.1 Å². The van der Waals surface area contributed by atoms with Crippen LogP contribution in [0.4, 0.5) is 0 Å². The quantitative estimate of drug-likeness (QED) is 0.810. The third-order valence-electron chi connectivity index (χ3n) is 2.79. The van der Waals surface area contributed by atoms with Crippen molar-refractivity contribution in [3.63, 3.8) is 0 Å². The Kier molecular flexibility index (Phi) is 3.03. The molecular weight excluding hydrogens is 286 g/mol. The molecule has 2 N–H and O–H groups in total.